The van der Waals surface area contributed by atoms with Crippen molar-refractivity contribution >= 4 is 11.6 Å². The normalized spacial score (nSPS) is 10.8. The Bertz CT molecular complexity index is 429. The minimum absolute atomic E-state index is 0.130. The maximum absolute atomic E-state index is 11.8. The molecule has 0 heterocycles. The maximum atomic E-state index is 11.8. The van der Waals surface area contributed by atoms with Crippen LogP contribution in [0.25, 0.3) is 0 Å². The first-order valence-electron chi connectivity index (χ1n) is 11.1. The fourth-order valence-electron chi connectivity index (χ4n) is 3.35. The van der Waals surface area contributed by atoms with E-state index in [1.54, 1.807) is 0 Å². The van der Waals surface area contributed by atoms with Gasteiger partial charge in [-0.1, -0.05) is 109 Å². The maximum Gasteiger partial charge on any atom is 0.224 e. The molecule has 0 saturated carbocycles. The molecular weight excluding hydrogens is 318 g/mol. The van der Waals surface area contributed by atoms with E-state index in [0.717, 1.165) is 12.1 Å². The lowest BCUT2D eigenvalue weighted by molar-refractivity contribution is -0.116. The molecule has 0 spiro atoms. The number of amides is 1. The standard InChI is InChI=1S/C24H40NO/c1-2-3-4-5-6-7-8-9-10-11-12-13-14-15-19-22-24(26)25-23-20-17-16-18-21-23/h17-18,20-21H,2-15,19,22H2,1H3,(H,25,26). The highest BCUT2D eigenvalue weighted by atomic mass is 16.1. The van der Waals surface area contributed by atoms with Crippen molar-refractivity contribution in [2.45, 2.75) is 110 Å². The van der Waals surface area contributed by atoms with Crippen molar-refractivity contribution < 1.29 is 4.79 Å². The number of benzene rings is 1. The average Bonchev–Trinajstić information content (AvgIpc) is 2.65. The molecule has 0 aromatic heterocycles. The molecular formula is C24H40NO. The van der Waals surface area contributed by atoms with Crippen LogP contribution in [-0.2, 0) is 4.79 Å². The van der Waals surface area contributed by atoms with Crippen molar-refractivity contribution in [2.75, 3.05) is 5.32 Å². The second-order valence-corrected chi connectivity index (χ2v) is 7.54. The van der Waals surface area contributed by atoms with Gasteiger partial charge in [0.1, 0.15) is 0 Å². The SMILES string of the molecule is CCCCCCCCCCCCCCCCCC(=O)Nc1cc[c]cc1. The third-order valence-electron chi connectivity index (χ3n) is 5.01. The summed E-state index contributed by atoms with van der Waals surface area (Å²) >= 11 is 0. The molecule has 1 aromatic rings. The highest BCUT2D eigenvalue weighted by Gasteiger charge is 2.01. The lowest BCUT2D eigenvalue weighted by atomic mass is 10.0. The predicted octanol–water partition coefficient (Wildman–Crippen LogP) is 7.69. The number of nitrogens with one attached hydrogen (secondary N) is 1. The number of hydrogen-bond acceptors (Lipinski definition) is 1. The van der Waals surface area contributed by atoms with Crippen molar-refractivity contribution in [1.29, 1.82) is 0 Å². The molecule has 0 saturated heterocycles. The zero-order chi connectivity index (χ0) is 18.7. The van der Waals surface area contributed by atoms with E-state index in [4.69, 9.17) is 0 Å². The van der Waals surface area contributed by atoms with Crippen molar-refractivity contribution in [3.8, 4) is 0 Å². The van der Waals surface area contributed by atoms with Crippen molar-refractivity contribution in [3.05, 3.63) is 30.3 Å². The molecule has 2 heteroatoms. The second-order valence-electron chi connectivity index (χ2n) is 7.54. The molecule has 147 valence electrons. The van der Waals surface area contributed by atoms with Gasteiger partial charge >= 0.3 is 0 Å². The summed E-state index contributed by atoms with van der Waals surface area (Å²) in [5, 5.41) is 2.93. The largest absolute Gasteiger partial charge is 0.326 e. The molecule has 0 aliphatic carbocycles. The zero-order valence-electron chi connectivity index (χ0n) is 17.0. The Balaban J connectivity index is 1.77. The van der Waals surface area contributed by atoms with Gasteiger partial charge in [0, 0.05) is 12.1 Å². The van der Waals surface area contributed by atoms with Gasteiger partial charge in [-0.15, -0.1) is 0 Å². The van der Waals surface area contributed by atoms with Crippen LogP contribution in [0.1, 0.15) is 110 Å². The molecule has 1 radical (unpaired) electrons. The summed E-state index contributed by atoms with van der Waals surface area (Å²) in [5.41, 5.74) is 0.870. The highest BCUT2D eigenvalue weighted by Crippen LogP contribution is 2.14. The Labute approximate surface area is 162 Å². The number of carbonyl (C=O) groups is 1. The number of anilines is 1. The van der Waals surface area contributed by atoms with E-state index in [0.29, 0.717) is 6.42 Å². The van der Waals surface area contributed by atoms with Gasteiger partial charge < -0.3 is 5.32 Å². The first-order chi connectivity index (χ1) is 12.8. The fourth-order valence-corrected chi connectivity index (χ4v) is 3.35. The first kappa shape index (κ1) is 22.7. The molecule has 0 aliphatic rings. The minimum atomic E-state index is 0.130. The number of rotatable bonds is 17. The van der Waals surface area contributed by atoms with Gasteiger partial charge in [0.25, 0.3) is 0 Å². The van der Waals surface area contributed by atoms with Crippen LogP contribution >= 0.6 is 0 Å². The lowest BCUT2D eigenvalue weighted by Crippen LogP contribution is -2.10. The molecule has 2 nitrogen and oxygen atoms in total. The minimum Gasteiger partial charge on any atom is -0.326 e. The van der Waals surface area contributed by atoms with Crippen molar-refractivity contribution in [3.63, 3.8) is 0 Å². The summed E-state index contributed by atoms with van der Waals surface area (Å²) in [4.78, 5) is 11.8. The predicted molar refractivity (Wildman–Crippen MR) is 113 cm³/mol. The first-order valence-corrected chi connectivity index (χ1v) is 11.1. The lowest BCUT2D eigenvalue weighted by Gasteiger charge is -2.05. The smallest absolute Gasteiger partial charge is 0.224 e. The van der Waals surface area contributed by atoms with E-state index in [-0.39, 0.29) is 5.91 Å². The van der Waals surface area contributed by atoms with Gasteiger partial charge in [0.15, 0.2) is 0 Å². The highest BCUT2D eigenvalue weighted by molar-refractivity contribution is 5.90. The van der Waals surface area contributed by atoms with Gasteiger partial charge in [-0.3, -0.25) is 4.79 Å². The zero-order valence-corrected chi connectivity index (χ0v) is 17.0. The summed E-state index contributed by atoms with van der Waals surface area (Å²) in [5.74, 6) is 0.130. The van der Waals surface area contributed by atoms with Crippen LogP contribution < -0.4 is 5.32 Å². The van der Waals surface area contributed by atoms with Crippen LogP contribution in [0, 0.1) is 6.07 Å². The van der Waals surface area contributed by atoms with Gasteiger partial charge in [-0.25, -0.2) is 0 Å². The molecule has 0 fully saturated rings. The Morgan fingerprint density at radius 3 is 1.62 bits per heavy atom. The Hall–Kier alpha value is -1.31. The summed E-state index contributed by atoms with van der Waals surface area (Å²) in [6.07, 6.45) is 20.9. The second kappa shape index (κ2) is 17.1. The molecule has 1 aromatic carbocycles. The van der Waals surface area contributed by atoms with E-state index in [2.05, 4.69) is 18.3 Å². The summed E-state index contributed by atoms with van der Waals surface area (Å²) in [6.45, 7) is 2.28. The molecule has 1 amide bonds. The van der Waals surface area contributed by atoms with Crippen LogP contribution in [0.3, 0.4) is 0 Å². The van der Waals surface area contributed by atoms with Gasteiger partial charge in [0.2, 0.25) is 5.91 Å². The number of hydrogen-bond donors (Lipinski definition) is 1. The molecule has 0 aliphatic heterocycles. The molecule has 0 atom stereocenters. The van der Waals surface area contributed by atoms with E-state index < -0.39 is 0 Å². The van der Waals surface area contributed by atoms with Gasteiger partial charge in [-0.2, -0.15) is 0 Å². The fraction of sp³-hybridized carbons (Fsp3) is 0.708. The van der Waals surface area contributed by atoms with Crippen LogP contribution in [0.4, 0.5) is 5.69 Å². The van der Waals surface area contributed by atoms with E-state index >= 15 is 0 Å². The summed E-state index contributed by atoms with van der Waals surface area (Å²) in [6, 6.07) is 10.4. The molecule has 0 unspecified atom stereocenters. The number of carbonyl (C=O) groups excluding carboxylic acids is 1. The Morgan fingerprint density at radius 1 is 0.731 bits per heavy atom. The van der Waals surface area contributed by atoms with Crippen LogP contribution in [0.2, 0.25) is 0 Å². The van der Waals surface area contributed by atoms with E-state index in [1.165, 1.54) is 89.9 Å². The van der Waals surface area contributed by atoms with Crippen molar-refractivity contribution in [2.24, 2.45) is 0 Å². The molecule has 26 heavy (non-hydrogen) atoms. The van der Waals surface area contributed by atoms with Crippen LogP contribution in [-0.4, -0.2) is 5.91 Å². The quantitative estimate of drug-likeness (QED) is 0.284. The summed E-state index contributed by atoms with van der Waals surface area (Å²) in [7, 11) is 0. The Morgan fingerprint density at radius 2 is 1.15 bits per heavy atom. The van der Waals surface area contributed by atoms with Crippen LogP contribution in [0.5, 0.6) is 0 Å². The van der Waals surface area contributed by atoms with Crippen molar-refractivity contribution in [1.82, 2.24) is 0 Å². The number of unbranched alkanes of at least 4 members (excludes halogenated alkanes) is 14. The topological polar surface area (TPSA) is 29.1 Å². The van der Waals surface area contributed by atoms with Crippen LogP contribution in [0.15, 0.2) is 24.3 Å². The molecule has 1 rings (SSSR count). The van der Waals surface area contributed by atoms with E-state index in [9.17, 15) is 4.79 Å². The Kier molecular flexibility index (Phi) is 15.0. The monoisotopic (exact) mass is 358 g/mol. The third kappa shape index (κ3) is 13.9. The van der Waals surface area contributed by atoms with Gasteiger partial charge in [-0.05, 0) is 24.6 Å². The average molecular weight is 359 g/mol. The third-order valence-corrected chi connectivity index (χ3v) is 5.01. The molecule has 0 bridgehead atoms. The van der Waals surface area contributed by atoms with E-state index in [1.807, 2.05) is 24.3 Å². The summed E-state index contributed by atoms with van der Waals surface area (Å²) < 4.78 is 0. The van der Waals surface area contributed by atoms with Gasteiger partial charge in [0.05, 0.1) is 0 Å². The molecule has 1 N–H and O–H groups in total.